The predicted octanol–water partition coefficient (Wildman–Crippen LogP) is 2.78. The molecule has 2 aliphatic heterocycles. The van der Waals surface area contributed by atoms with Crippen LogP contribution in [0.25, 0.3) is 0 Å². The number of unbranched alkanes of at least 4 members (excludes halogenated alkanes) is 1. The monoisotopic (exact) mass is 495 g/mol. The fourth-order valence-electron chi connectivity index (χ4n) is 3.80. The van der Waals surface area contributed by atoms with Gasteiger partial charge in [0.25, 0.3) is 0 Å². The van der Waals surface area contributed by atoms with Gasteiger partial charge < -0.3 is 20.7 Å². The standard InChI is InChI=1S/C19H37N5O2.HI/c1-3-5-11-23-12-7-6-8-17(23)15-21-18(20)22-16-9-13-24(14-10-16)19(25)26-4-2;/h16-17H,3-15H2,1-2H3,(H3,20,21,22);1H. The molecule has 0 radical (unpaired) electrons. The van der Waals surface area contributed by atoms with Crippen molar-refractivity contribution >= 4 is 36.0 Å². The molecule has 0 aliphatic carbocycles. The summed E-state index contributed by atoms with van der Waals surface area (Å²) in [5.41, 5.74) is 6.12. The molecular formula is C19H38IN5O2. The number of ether oxygens (including phenoxy) is 1. The van der Waals surface area contributed by atoms with E-state index in [0.717, 1.165) is 19.4 Å². The fraction of sp³-hybridized carbons (Fsp3) is 0.895. The van der Waals surface area contributed by atoms with E-state index in [0.29, 0.717) is 31.7 Å². The molecule has 1 amide bonds. The summed E-state index contributed by atoms with van der Waals surface area (Å²) in [6, 6.07) is 0.813. The second kappa shape index (κ2) is 13.4. The summed E-state index contributed by atoms with van der Waals surface area (Å²) in [5.74, 6) is 0.542. The number of rotatable bonds is 7. The van der Waals surface area contributed by atoms with E-state index < -0.39 is 0 Å². The lowest BCUT2D eigenvalue weighted by Crippen LogP contribution is -2.49. The van der Waals surface area contributed by atoms with Gasteiger partial charge in [-0.05, 0) is 52.1 Å². The molecule has 2 aliphatic rings. The molecule has 2 rings (SSSR count). The lowest BCUT2D eigenvalue weighted by molar-refractivity contribution is 0.0963. The number of piperidine rings is 2. The SMILES string of the molecule is CCCCN1CCCCC1CN=C(N)NC1CCN(C(=O)OCC)CC1.I. The van der Waals surface area contributed by atoms with Crippen molar-refractivity contribution in [1.29, 1.82) is 0 Å². The van der Waals surface area contributed by atoms with Gasteiger partial charge in [-0.2, -0.15) is 0 Å². The minimum atomic E-state index is -0.211. The summed E-state index contributed by atoms with van der Waals surface area (Å²) >= 11 is 0. The van der Waals surface area contributed by atoms with Crippen LogP contribution >= 0.6 is 24.0 Å². The van der Waals surface area contributed by atoms with Crippen LogP contribution in [0.5, 0.6) is 0 Å². The van der Waals surface area contributed by atoms with Gasteiger partial charge in [0.2, 0.25) is 0 Å². The largest absolute Gasteiger partial charge is 0.450 e. The number of likely N-dealkylation sites (tertiary alicyclic amines) is 2. The van der Waals surface area contributed by atoms with Crippen LogP contribution in [0.2, 0.25) is 0 Å². The molecule has 0 bridgehead atoms. The first kappa shape index (κ1) is 24.3. The van der Waals surface area contributed by atoms with Gasteiger partial charge in [-0.15, -0.1) is 24.0 Å². The molecule has 7 nitrogen and oxygen atoms in total. The number of carbonyl (C=O) groups excluding carboxylic acids is 1. The van der Waals surface area contributed by atoms with Gasteiger partial charge in [0.1, 0.15) is 0 Å². The fourth-order valence-corrected chi connectivity index (χ4v) is 3.80. The Hall–Kier alpha value is -0.770. The lowest BCUT2D eigenvalue weighted by atomic mass is 10.0. The third kappa shape index (κ3) is 8.41. The van der Waals surface area contributed by atoms with Crippen LogP contribution in [0.3, 0.4) is 0 Å². The minimum absolute atomic E-state index is 0. The van der Waals surface area contributed by atoms with Crippen molar-refractivity contribution in [1.82, 2.24) is 15.1 Å². The van der Waals surface area contributed by atoms with Crippen LogP contribution in [0, 0.1) is 0 Å². The van der Waals surface area contributed by atoms with Crippen LogP contribution in [-0.4, -0.2) is 73.3 Å². The highest BCUT2D eigenvalue weighted by molar-refractivity contribution is 14.0. The Morgan fingerprint density at radius 3 is 2.59 bits per heavy atom. The molecule has 8 heteroatoms. The van der Waals surface area contributed by atoms with E-state index in [9.17, 15) is 4.79 Å². The van der Waals surface area contributed by atoms with Crippen LogP contribution < -0.4 is 11.1 Å². The van der Waals surface area contributed by atoms with E-state index in [1.165, 1.54) is 45.2 Å². The number of halogens is 1. The van der Waals surface area contributed by atoms with E-state index in [1.807, 2.05) is 6.92 Å². The Morgan fingerprint density at radius 1 is 1.19 bits per heavy atom. The number of aliphatic imine (C=N–C) groups is 1. The predicted molar refractivity (Wildman–Crippen MR) is 121 cm³/mol. The van der Waals surface area contributed by atoms with Gasteiger partial charge in [0.05, 0.1) is 13.2 Å². The smallest absolute Gasteiger partial charge is 0.409 e. The quantitative estimate of drug-likeness (QED) is 0.323. The third-order valence-corrected chi connectivity index (χ3v) is 5.39. The first-order chi connectivity index (χ1) is 12.6. The first-order valence-corrected chi connectivity index (χ1v) is 10.4. The van der Waals surface area contributed by atoms with E-state index in [1.54, 1.807) is 4.90 Å². The van der Waals surface area contributed by atoms with Crippen molar-refractivity contribution in [3.8, 4) is 0 Å². The van der Waals surface area contributed by atoms with Crippen LogP contribution in [0.1, 0.15) is 58.8 Å². The Labute approximate surface area is 181 Å². The number of nitrogens with zero attached hydrogens (tertiary/aromatic N) is 3. The number of nitrogens with one attached hydrogen (secondary N) is 1. The van der Waals surface area contributed by atoms with Gasteiger partial charge in [0.15, 0.2) is 5.96 Å². The van der Waals surface area contributed by atoms with E-state index in [-0.39, 0.29) is 36.1 Å². The maximum absolute atomic E-state index is 11.7. The van der Waals surface area contributed by atoms with Crippen LogP contribution in [0.15, 0.2) is 4.99 Å². The number of amides is 1. The Kier molecular flexibility index (Phi) is 12.1. The second-order valence-electron chi connectivity index (χ2n) is 7.37. The zero-order chi connectivity index (χ0) is 18.8. The number of guanidine groups is 1. The number of hydrogen-bond donors (Lipinski definition) is 2. The average molecular weight is 495 g/mol. The molecule has 3 N–H and O–H groups in total. The van der Waals surface area contributed by atoms with Gasteiger partial charge in [0, 0.05) is 25.2 Å². The van der Waals surface area contributed by atoms with Crippen LogP contribution in [-0.2, 0) is 4.74 Å². The maximum Gasteiger partial charge on any atom is 0.409 e. The van der Waals surface area contributed by atoms with Gasteiger partial charge >= 0.3 is 6.09 Å². The molecule has 0 spiro atoms. The highest BCUT2D eigenvalue weighted by Gasteiger charge is 2.24. The molecule has 0 aromatic heterocycles. The highest BCUT2D eigenvalue weighted by Crippen LogP contribution is 2.18. The minimum Gasteiger partial charge on any atom is -0.450 e. The zero-order valence-corrected chi connectivity index (χ0v) is 19.3. The molecular weight excluding hydrogens is 457 g/mol. The van der Waals surface area contributed by atoms with Crippen molar-refractivity contribution in [3.63, 3.8) is 0 Å². The Bertz CT molecular complexity index is 455. The Morgan fingerprint density at radius 2 is 1.93 bits per heavy atom. The first-order valence-electron chi connectivity index (χ1n) is 10.4. The molecule has 158 valence electrons. The molecule has 0 aromatic rings. The second-order valence-corrected chi connectivity index (χ2v) is 7.37. The van der Waals surface area contributed by atoms with Crippen molar-refractivity contribution < 1.29 is 9.53 Å². The normalized spacial score (nSPS) is 22.2. The maximum atomic E-state index is 11.7. The highest BCUT2D eigenvalue weighted by atomic mass is 127. The lowest BCUT2D eigenvalue weighted by Gasteiger charge is -2.35. The van der Waals surface area contributed by atoms with Gasteiger partial charge in [-0.1, -0.05) is 19.8 Å². The van der Waals surface area contributed by atoms with Gasteiger partial charge in [-0.3, -0.25) is 9.89 Å². The summed E-state index contributed by atoms with van der Waals surface area (Å²) in [7, 11) is 0. The topological polar surface area (TPSA) is 83.2 Å². The van der Waals surface area contributed by atoms with Crippen LogP contribution in [0.4, 0.5) is 4.79 Å². The molecule has 2 heterocycles. The summed E-state index contributed by atoms with van der Waals surface area (Å²) in [6.45, 7) is 9.06. The Balaban J connectivity index is 0.00000364. The molecule has 1 atom stereocenters. The van der Waals surface area contributed by atoms with E-state index in [4.69, 9.17) is 10.5 Å². The van der Waals surface area contributed by atoms with Crippen molar-refractivity contribution in [3.05, 3.63) is 0 Å². The van der Waals surface area contributed by atoms with Crippen molar-refractivity contribution in [2.24, 2.45) is 10.7 Å². The molecule has 1 unspecified atom stereocenters. The molecule has 0 saturated carbocycles. The zero-order valence-electron chi connectivity index (χ0n) is 17.0. The summed E-state index contributed by atoms with van der Waals surface area (Å²) in [6.07, 6.45) is 7.85. The number of hydrogen-bond acceptors (Lipinski definition) is 4. The van der Waals surface area contributed by atoms with Crippen molar-refractivity contribution in [2.75, 3.05) is 39.3 Å². The summed E-state index contributed by atoms with van der Waals surface area (Å²) in [5, 5.41) is 3.34. The molecule has 0 aromatic carbocycles. The number of carbonyl (C=O) groups is 1. The summed E-state index contributed by atoms with van der Waals surface area (Å²) in [4.78, 5) is 20.7. The average Bonchev–Trinajstić information content (AvgIpc) is 2.66. The molecule has 2 fully saturated rings. The third-order valence-electron chi connectivity index (χ3n) is 5.39. The van der Waals surface area contributed by atoms with Gasteiger partial charge in [-0.25, -0.2) is 4.79 Å². The summed E-state index contributed by atoms with van der Waals surface area (Å²) < 4.78 is 5.05. The van der Waals surface area contributed by atoms with Crippen molar-refractivity contribution in [2.45, 2.75) is 70.9 Å². The molecule has 2 saturated heterocycles. The number of nitrogens with two attached hydrogens (primary N) is 1. The van der Waals surface area contributed by atoms with E-state index >= 15 is 0 Å². The molecule has 27 heavy (non-hydrogen) atoms. The van der Waals surface area contributed by atoms with E-state index in [2.05, 4.69) is 22.1 Å².